The van der Waals surface area contributed by atoms with Crippen molar-refractivity contribution in [3.05, 3.63) is 34.9 Å². The topological polar surface area (TPSA) is 56.0 Å². The van der Waals surface area contributed by atoms with Gasteiger partial charge >= 0.3 is 0 Å². The van der Waals surface area contributed by atoms with Gasteiger partial charge in [-0.2, -0.15) is 5.26 Å². The van der Waals surface area contributed by atoms with Crippen LogP contribution in [0.25, 0.3) is 0 Å². The molecule has 0 spiro atoms. The quantitative estimate of drug-likeness (QED) is 0.891. The summed E-state index contributed by atoms with van der Waals surface area (Å²) < 4.78 is 27.3. The first-order chi connectivity index (χ1) is 9.60. The van der Waals surface area contributed by atoms with Crippen LogP contribution >= 0.6 is 0 Å². The summed E-state index contributed by atoms with van der Waals surface area (Å²) in [5.41, 5.74) is -0.0372. The lowest BCUT2D eigenvalue weighted by Gasteiger charge is -2.25. The molecule has 3 nitrogen and oxygen atoms in total. The van der Waals surface area contributed by atoms with E-state index in [1.165, 1.54) is 0 Å². The number of halogens is 2. The third kappa shape index (κ3) is 3.75. The van der Waals surface area contributed by atoms with Gasteiger partial charge in [0.1, 0.15) is 11.6 Å². The summed E-state index contributed by atoms with van der Waals surface area (Å²) >= 11 is 0. The molecule has 1 aromatic carbocycles. The fourth-order valence-electron chi connectivity index (χ4n) is 2.59. The van der Waals surface area contributed by atoms with Gasteiger partial charge in [0, 0.05) is 12.1 Å². The van der Waals surface area contributed by atoms with Crippen LogP contribution in [-0.4, -0.2) is 17.8 Å². The third-order valence-corrected chi connectivity index (χ3v) is 3.82. The predicted molar refractivity (Wildman–Crippen MR) is 70.7 cm³/mol. The van der Waals surface area contributed by atoms with Crippen molar-refractivity contribution in [1.29, 1.82) is 5.26 Å². The van der Waals surface area contributed by atoms with E-state index in [-0.39, 0.29) is 23.8 Å². The Morgan fingerprint density at radius 3 is 2.35 bits per heavy atom. The van der Waals surface area contributed by atoms with Crippen molar-refractivity contribution >= 4 is 0 Å². The fourth-order valence-corrected chi connectivity index (χ4v) is 2.59. The Morgan fingerprint density at radius 2 is 1.80 bits per heavy atom. The number of aliphatic hydroxyl groups is 1. The van der Waals surface area contributed by atoms with E-state index in [9.17, 15) is 13.9 Å². The molecule has 0 heterocycles. The van der Waals surface area contributed by atoms with E-state index in [1.54, 1.807) is 6.07 Å². The summed E-state index contributed by atoms with van der Waals surface area (Å²) in [5.74, 6) is -0.927. The zero-order chi connectivity index (χ0) is 14.5. The van der Waals surface area contributed by atoms with Gasteiger partial charge in [-0.25, -0.2) is 8.78 Å². The normalized spacial score (nSPS) is 22.5. The van der Waals surface area contributed by atoms with Crippen molar-refractivity contribution in [1.82, 2.24) is 5.32 Å². The molecule has 0 unspecified atom stereocenters. The second kappa shape index (κ2) is 6.78. The van der Waals surface area contributed by atoms with Gasteiger partial charge in [-0.05, 0) is 50.3 Å². The molecule has 0 atom stereocenters. The molecule has 2 N–H and O–H groups in total. The zero-order valence-electron chi connectivity index (χ0n) is 11.2. The summed E-state index contributed by atoms with van der Waals surface area (Å²) in [6.45, 7) is 0.800. The molecule has 1 aliphatic rings. The van der Waals surface area contributed by atoms with Crippen LogP contribution in [0.3, 0.4) is 0 Å². The monoisotopic (exact) mass is 280 g/mol. The Labute approximate surface area is 117 Å². The molecular formula is C15H18F2N2O. The van der Waals surface area contributed by atoms with Crippen LogP contribution in [0, 0.1) is 28.9 Å². The van der Waals surface area contributed by atoms with Crippen molar-refractivity contribution in [2.45, 2.75) is 38.3 Å². The van der Waals surface area contributed by atoms with Gasteiger partial charge in [0.2, 0.25) is 0 Å². The van der Waals surface area contributed by atoms with Gasteiger partial charge in [-0.15, -0.1) is 0 Å². The molecule has 0 bridgehead atoms. The Morgan fingerprint density at radius 1 is 1.20 bits per heavy atom. The highest BCUT2D eigenvalue weighted by atomic mass is 19.1. The average molecular weight is 280 g/mol. The van der Waals surface area contributed by atoms with Crippen LogP contribution in [-0.2, 0) is 6.54 Å². The van der Waals surface area contributed by atoms with Gasteiger partial charge in [-0.1, -0.05) is 0 Å². The summed E-state index contributed by atoms with van der Waals surface area (Å²) in [4.78, 5) is 0. The summed E-state index contributed by atoms with van der Waals surface area (Å²) in [6.07, 6.45) is 3.27. The number of nitrogens with one attached hydrogen (secondary N) is 1. The molecule has 0 amide bonds. The molecule has 0 aromatic heterocycles. The van der Waals surface area contributed by atoms with E-state index >= 15 is 0 Å². The minimum atomic E-state index is -0.687. The lowest BCUT2D eigenvalue weighted by molar-refractivity contribution is 0.108. The van der Waals surface area contributed by atoms with E-state index in [2.05, 4.69) is 5.32 Å². The molecule has 0 aliphatic heterocycles. The zero-order valence-corrected chi connectivity index (χ0v) is 11.2. The molecule has 5 heteroatoms. The maximum Gasteiger partial charge on any atom is 0.131 e. The molecular weight excluding hydrogens is 262 g/mol. The maximum absolute atomic E-state index is 13.7. The molecule has 0 radical (unpaired) electrons. The number of hydrogen-bond acceptors (Lipinski definition) is 3. The largest absolute Gasteiger partial charge is 0.393 e. The second-order valence-electron chi connectivity index (χ2n) is 5.34. The van der Waals surface area contributed by atoms with E-state index in [1.807, 2.05) is 0 Å². The molecule has 2 rings (SSSR count). The molecule has 1 aliphatic carbocycles. The smallest absolute Gasteiger partial charge is 0.131 e. The van der Waals surface area contributed by atoms with Crippen molar-refractivity contribution in [3.63, 3.8) is 0 Å². The van der Waals surface area contributed by atoms with E-state index in [4.69, 9.17) is 5.26 Å². The lowest BCUT2D eigenvalue weighted by atomic mass is 9.87. The van der Waals surface area contributed by atoms with Gasteiger partial charge in [0.05, 0.1) is 17.7 Å². The minimum Gasteiger partial charge on any atom is -0.393 e. The molecule has 0 saturated heterocycles. The van der Waals surface area contributed by atoms with Crippen LogP contribution < -0.4 is 5.32 Å². The highest BCUT2D eigenvalue weighted by Crippen LogP contribution is 2.23. The van der Waals surface area contributed by atoms with Crippen LogP contribution in [0.5, 0.6) is 0 Å². The third-order valence-electron chi connectivity index (χ3n) is 3.82. The van der Waals surface area contributed by atoms with Crippen molar-refractivity contribution < 1.29 is 13.9 Å². The standard InChI is InChI=1S/C15H18F2N2O/c16-14-5-11(7-18)6-15(17)13(14)9-19-8-10-1-3-12(20)4-2-10/h5-6,10,12,19-20H,1-4,8-9H2. The number of aliphatic hydroxyl groups excluding tert-OH is 1. The van der Waals surface area contributed by atoms with Crippen molar-refractivity contribution in [3.8, 4) is 6.07 Å². The molecule has 1 saturated carbocycles. The van der Waals surface area contributed by atoms with E-state index < -0.39 is 11.6 Å². The van der Waals surface area contributed by atoms with E-state index in [0.29, 0.717) is 12.5 Å². The number of nitriles is 1. The Hall–Kier alpha value is -1.51. The summed E-state index contributed by atoms with van der Waals surface area (Å²) in [7, 11) is 0. The summed E-state index contributed by atoms with van der Waals surface area (Å²) in [5, 5.41) is 21.1. The van der Waals surface area contributed by atoms with Gasteiger partial charge < -0.3 is 10.4 Å². The number of nitrogens with zero attached hydrogens (tertiary/aromatic N) is 1. The SMILES string of the molecule is N#Cc1cc(F)c(CNCC2CCC(O)CC2)c(F)c1. The Kier molecular flexibility index (Phi) is 5.05. The van der Waals surface area contributed by atoms with Crippen LogP contribution in [0.1, 0.15) is 36.8 Å². The van der Waals surface area contributed by atoms with Crippen molar-refractivity contribution in [2.24, 2.45) is 5.92 Å². The number of hydrogen-bond donors (Lipinski definition) is 2. The van der Waals surface area contributed by atoms with Gasteiger partial charge in [0.25, 0.3) is 0 Å². The highest BCUT2D eigenvalue weighted by Gasteiger charge is 2.19. The lowest BCUT2D eigenvalue weighted by Crippen LogP contribution is -2.28. The first-order valence-electron chi connectivity index (χ1n) is 6.87. The molecule has 20 heavy (non-hydrogen) atoms. The van der Waals surface area contributed by atoms with E-state index in [0.717, 1.165) is 37.8 Å². The minimum absolute atomic E-state index is 0.00924. The van der Waals surface area contributed by atoms with Gasteiger partial charge in [0.15, 0.2) is 0 Å². The number of benzene rings is 1. The molecule has 108 valence electrons. The highest BCUT2D eigenvalue weighted by molar-refractivity contribution is 5.34. The maximum atomic E-state index is 13.7. The first-order valence-corrected chi connectivity index (χ1v) is 6.87. The Balaban J connectivity index is 1.87. The average Bonchev–Trinajstić information content (AvgIpc) is 2.43. The van der Waals surface area contributed by atoms with Crippen LogP contribution in [0.4, 0.5) is 8.78 Å². The first kappa shape index (κ1) is 14.9. The van der Waals surface area contributed by atoms with Gasteiger partial charge in [-0.3, -0.25) is 0 Å². The second-order valence-corrected chi connectivity index (χ2v) is 5.34. The fraction of sp³-hybridized carbons (Fsp3) is 0.533. The molecule has 1 aromatic rings. The predicted octanol–water partition coefficient (Wildman–Crippen LogP) is 2.48. The summed E-state index contributed by atoms with van der Waals surface area (Å²) in [6, 6.07) is 3.83. The number of rotatable bonds is 4. The van der Waals surface area contributed by atoms with Crippen LogP contribution in [0.15, 0.2) is 12.1 Å². The Bertz CT molecular complexity index is 482. The molecule has 1 fully saturated rings. The van der Waals surface area contributed by atoms with Crippen molar-refractivity contribution in [2.75, 3.05) is 6.54 Å². The van der Waals surface area contributed by atoms with Crippen LogP contribution in [0.2, 0.25) is 0 Å².